The molecule has 0 aliphatic carbocycles. The SMILES string of the molecule is Cc1nc2c(c(=O)[nH]1)CN(Cc1nc3ccccc3n1C(C)C)CC2. The van der Waals surface area contributed by atoms with E-state index in [0.717, 1.165) is 42.1 Å². The van der Waals surface area contributed by atoms with Crippen LogP contribution in [0.4, 0.5) is 0 Å². The number of aromatic amines is 1. The number of hydrogen-bond acceptors (Lipinski definition) is 4. The van der Waals surface area contributed by atoms with Crippen LogP contribution in [0.3, 0.4) is 0 Å². The molecule has 0 spiro atoms. The van der Waals surface area contributed by atoms with Crippen LogP contribution >= 0.6 is 0 Å². The molecule has 2 aromatic heterocycles. The summed E-state index contributed by atoms with van der Waals surface area (Å²) in [5.41, 5.74) is 3.92. The Balaban J connectivity index is 1.66. The number of aromatic nitrogens is 4. The van der Waals surface area contributed by atoms with Crippen LogP contribution in [0.1, 0.15) is 42.8 Å². The summed E-state index contributed by atoms with van der Waals surface area (Å²) in [5.74, 6) is 1.75. The number of benzene rings is 1. The van der Waals surface area contributed by atoms with Gasteiger partial charge in [-0.25, -0.2) is 9.97 Å². The van der Waals surface area contributed by atoms with Gasteiger partial charge in [-0.1, -0.05) is 12.1 Å². The zero-order valence-corrected chi connectivity index (χ0v) is 14.9. The lowest BCUT2D eigenvalue weighted by molar-refractivity contribution is 0.231. The standard InChI is InChI=1S/C19H23N5O/c1-12(2)24-17-7-5-4-6-16(17)22-18(24)11-23-9-8-15-14(10-23)19(25)21-13(3)20-15/h4-7,12H,8-11H2,1-3H3,(H,20,21,25). The van der Waals surface area contributed by atoms with Gasteiger partial charge >= 0.3 is 0 Å². The maximum absolute atomic E-state index is 12.3. The third kappa shape index (κ3) is 2.87. The molecule has 0 saturated heterocycles. The number of aryl methyl sites for hydroxylation is 1. The Morgan fingerprint density at radius 3 is 2.84 bits per heavy atom. The predicted molar refractivity (Wildman–Crippen MR) is 97.5 cm³/mol. The first-order chi connectivity index (χ1) is 12.0. The highest BCUT2D eigenvalue weighted by molar-refractivity contribution is 5.76. The minimum atomic E-state index is -0.00966. The second kappa shape index (κ2) is 6.11. The second-order valence-corrected chi connectivity index (χ2v) is 7.02. The van der Waals surface area contributed by atoms with Crippen LogP contribution < -0.4 is 5.56 Å². The van der Waals surface area contributed by atoms with E-state index in [1.807, 2.05) is 13.0 Å². The molecule has 4 rings (SSSR count). The smallest absolute Gasteiger partial charge is 0.255 e. The van der Waals surface area contributed by atoms with E-state index in [4.69, 9.17) is 4.98 Å². The summed E-state index contributed by atoms with van der Waals surface area (Å²) in [6.45, 7) is 8.45. The van der Waals surface area contributed by atoms with E-state index >= 15 is 0 Å². The zero-order chi connectivity index (χ0) is 17.6. The molecule has 0 bridgehead atoms. The molecule has 1 aliphatic rings. The molecular weight excluding hydrogens is 314 g/mol. The van der Waals surface area contributed by atoms with Gasteiger partial charge in [-0.3, -0.25) is 9.69 Å². The van der Waals surface area contributed by atoms with E-state index in [1.54, 1.807) is 0 Å². The van der Waals surface area contributed by atoms with Gasteiger partial charge in [0.1, 0.15) is 11.6 Å². The minimum Gasteiger partial charge on any atom is -0.324 e. The highest BCUT2D eigenvalue weighted by Crippen LogP contribution is 2.23. The van der Waals surface area contributed by atoms with Crippen LogP contribution in [-0.2, 0) is 19.5 Å². The maximum atomic E-state index is 12.3. The van der Waals surface area contributed by atoms with Crippen molar-refractivity contribution in [3.05, 3.63) is 57.5 Å². The highest BCUT2D eigenvalue weighted by atomic mass is 16.1. The molecule has 1 aromatic carbocycles. The fraction of sp³-hybridized carbons (Fsp3) is 0.421. The zero-order valence-electron chi connectivity index (χ0n) is 14.9. The fourth-order valence-corrected chi connectivity index (χ4v) is 3.72. The van der Waals surface area contributed by atoms with Crippen molar-refractivity contribution >= 4 is 11.0 Å². The first-order valence-corrected chi connectivity index (χ1v) is 8.80. The Hall–Kier alpha value is -2.47. The molecule has 0 saturated carbocycles. The molecule has 0 amide bonds. The summed E-state index contributed by atoms with van der Waals surface area (Å²) in [6.07, 6.45) is 0.808. The van der Waals surface area contributed by atoms with Crippen LogP contribution in [0.2, 0.25) is 0 Å². The van der Waals surface area contributed by atoms with Gasteiger partial charge in [0.2, 0.25) is 0 Å². The molecule has 130 valence electrons. The molecular formula is C19H23N5O. The Morgan fingerprint density at radius 2 is 2.04 bits per heavy atom. The summed E-state index contributed by atoms with van der Waals surface area (Å²) >= 11 is 0. The lowest BCUT2D eigenvalue weighted by Gasteiger charge is -2.27. The number of para-hydroxylation sites is 2. The Labute approximate surface area is 146 Å². The van der Waals surface area contributed by atoms with Crippen LogP contribution in [0.15, 0.2) is 29.1 Å². The molecule has 0 unspecified atom stereocenters. The van der Waals surface area contributed by atoms with Crippen LogP contribution in [-0.4, -0.2) is 31.0 Å². The van der Waals surface area contributed by atoms with E-state index in [-0.39, 0.29) is 5.56 Å². The summed E-state index contributed by atoms with van der Waals surface area (Å²) in [4.78, 5) is 26.7. The molecule has 0 atom stereocenters. The third-order valence-corrected chi connectivity index (χ3v) is 4.82. The van der Waals surface area contributed by atoms with Crippen molar-refractivity contribution in [2.24, 2.45) is 0 Å². The molecule has 0 radical (unpaired) electrons. The van der Waals surface area contributed by atoms with Crippen molar-refractivity contribution in [2.75, 3.05) is 6.54 Å². The van der Waals surface area contributed by atoms with Gasteiger partial charge in [-0.05, 0) is 32.9 Å². The van der Waals surface area contributed by atoms with Crippen molar-refractivity contribution in [3.63, 3.8) is 0 Å². The normalized spacial score (nSPS) is 15.0. The number of nitrogens with zero attached hydrogens (tertiary/aromatic N) is 4. The lowest BCUT2D eigenvalue weighted by Crippen LogP contribution is -2.36. The van der Waals surface area contributed by atoms with Gasteiger partial charge < -0.3 is 9.55 Å². The quantitative estimate of drug-likeness (QED) is 0.798. The summed E-state index contributed by atoms with van der Waals surface area (Å²) in [5, 5.41) is 0. The van der Waals surface area contributed by atoms with Gasteiger partial charge in [0.25, 0.3) is 5.56 Å². The number of fused-ring (bicyclic) bond motifs is 2. The van der Waals surface area contributed by atoms with Crippen LogP contribution in [0, 0.1) is 6.92 Å². The maximum Gasteiger partial charge on any atom is 0.255 e. The topological polar surface area (TPSA) is 66.8 Å². The van der Waals surface area contributed by atoms with Gasteiger partial charge in [0.15, 0.2) is 0 Å². The molecule has 3 heterocycles. The van der Waals surface area contributed by atoms with Gasteiger partial charge in [0, 0.05) is 25.6 Å². The molecule has 1 aliphatic heterocycles. The average Bonchev–Trinajstić information content (AvgIpc) is 2.93. The van der Waals surface area contributed by atoms with Crippen molar-refractivity contribution in [1.29, 1.82) is 0 Å². The Bertz CT molecular complexity index is 985. The average molecular weight is 337 g/mol. The fourth-order valence-electron chi connectivity index (χ4n) is 3.72. The highest BCUT2D eigenvalue weighted by Gasteiger charge is 2.23. The summed E-state index contributed by atoms with van der Waals surface area (Å²) in [6, 6.07) is 8.59. The number of nitrogens with one attached hydrogen (secondary N) is 1. The van der Waals surface area contributed by atoms with Crippen molar-refractivity contribution < 1.29 is 0 Å². The number of H-pyrrole nitrogens is 1. The second-order valence-electron chi connectivity index (χ2n) is 7.02. The Kier molecular flexibility index (Phi) is 3.92. The first-order valence-electron chi connectivity index (χ1n) is 8.80. The van der Waals surface area contributed by atoms with Crippen molar-refractivity contribution in [2.45, 2.75) is 46.3 Å². The van der Waals surface area contributed by atoms with E-state index in [2.05, 4.69) is 51.5 Å². The molecule has 25 heavy (non-hydrogen) atoms. The number of rotatable bonds is 3. The minimum absolute atomic E-state index is 0.00966. The molecule has 6 nitrogen and oxygen atoms in total. The van der Waals surface area contributed by atoms with E-state index in [1.165, 1.54) is 5.52 Å². The monoisotopic (exact) mass is 337 g/mol. The van der Waals surface area contributed by atoms with E-state index < -0.39 is 0 Å². The van der Waals surface area contributed by atoms with Gasteiger partial charge in [0.05, 0.1) is 28.8 Å². The van der Waals surface area contributed by atoms with Crippen molar-refractivity contribution in [3.8, 4) is 0 Å². The summed E-state index contributed by atoms with van der Waals surface area (Å²) in [7, 11) is 0. The Morgan fingerprint density at radius 1 is 1.24 bits per heavy atom. The molecule has 3 aromatic rings. The summed E-state index contributed by atoms with van der Waals surface area (Å²) < 4.78 is 2.29. The van der Waals surface area contributed by atoms with E-state index in [9.17, 15) is 4.79 Å². The van der Waals surface area contributed by atoms with E-state index in [0.29, 0.717) is 18.4 Å². The lowest BCUT2D eigenvalue weighted by atomic mass is 10.1. The van der Waals surface area contributed by atoms with Gasteiger partial charge in [-0.2, -0.15) is 0 Å². The molecule has 1 N–H and O–H groups in total. The predicted octanol–water partition coefficient (Wildman–Crippen LogP) is 2.57. The van der Waals surface area contributed by atoms with Gasteiger partial charge in [-0.15, -0.1) is 0 Å². The third-order valence-electron chi connectivity index (χ3n) is 4.82. The number of hydrogen-bond donors (Lipinski definition) is 1. The van der Waals surface area contributed by atoms with Crippen molar-refractivity contribution in [1.82, 2.24) is 24.4 Å². The van der Waals surface area contributed by atoms with Crippen LogP contribution in [0.5, 0.6) is 0 Å². The molecule has 6 heteroatoms. The largest absolute Gasteiger partial charge is 0.324 e. The molecule has 0 fully saturated rings. The number of imidazole rings is 1. The van der Waals surface area contributed by atoms with Crippen LogP contribution in [0.25, 0.3) is 11.0 Å². The first kappa shape index (κ1) is 16.0.